The summed E-state index contributed by atoms with van der Waals surface area (Å²) in [4.78, 5) is 14.2. The van der Waals surface area contributed by atoms with Crippen molar-refractivity contribution in [3.05, 3.63) is 45.6 Å². The molecular weight excluding hydrogens is 228 g/mol. The van der Waals surface area contributed by atoms with Crippen LogP contribution >= 0.6 is 11.6 Å². The molecule has 5 nitrogen and oxygen atoms in total. The van der Waals surface area contributed by atoms with E-state index in [-0.39, 0.29) is 5.69 Å². The predicted molar refractivity (Wildman–Crippen MR) is 62.0 cm³/mol. The second-order valence-electron chi connectivity index (χ2n) is 3.31. The molecule has 0 saturated carbocycles. The van der Waals surface area contributed by atoms with Gasteiger partial charge in [-0.15, -0.1) is 0 Å². The van der Waals surface area contributed by atoms with Crippen LogP contribution in [-0.2, 0) is 6.42 Å². The monoisotopic (exact) mass is 238 g/mol. The Labute approximate surface area is 96.8 Å². The summed E-state index contributed by atoms with van der Waals surface area (Å²) in [5.41, 5.74) is 5.74. The molecule has 2 aromatic rings. The van der Waals surface area contributed by atoms with E-state index in [0.29, 0.717) is 29.5 Å². The average molecular weight is 239 g/mol. The van der Waals surface area contributed by atoms with Gasteiger partial charge in [0.15, 0.2) is 0 Å². The van der Waals surface area contributed by atoms with Crippen molar-refractivity contribution >= 4 is 11.6 Å². The van der Waals surface area contributed by atoms with Crippen LogP contribution in [0.4, 0.5) is 0 Å². The molecule has 2 rings (SSSR count). The molecule has 0 aliphatic heterocycles. The van der Waals surface area contributed by atoms with E-state index in [4.69, 9.17) is 17.3 Å². The Bertz CT molecular complexity index is 546. The molecule has 84 valence electrons. The first kappa shape index (κ1) is 10.9. The van der Waals surface area contributed by atoms with Crippen LogP contribution in [0.1, 0.15) is 5.82 Å². The number of aromatic amines is 1. The molecule has 0 aliphatic carbocycles. The maximum absolute atomic E-state index is 11.6. The van der Waals surface area contributed by atoms with Gasteiger partial charge in [0.1, 0.15) is 5.82 Å². The third-order valence-corrected chi connectivity index (χ3v) is 2.33. The van der Waals surface area contributed by atoms with Crippen LogP contribution in [0.15, 0.2) is 29.1 Å². The fourth-order valence-corrected chi connectivity index (χ4v) is 1.58. The third-order valence-electron chi connectivity index (χ3n) is 2.10. The van der Waals surface area contributed by atoms with Gasteiger partial charge in [0.05, 0.1) is 5.69 Å². The van der Waals surface area contributed by atoms with Gasteiger partial charge in [-0.1, -0.05) is 17.7 Å². The minimum Gasteiger partial charge on any atom is -0.330 e. The van der Waals surface area contributed by atoms with Crippen LogP contribution in [0.5, 0.6) is 0 Å². The van der Waals surface area contributed by atoms with E-state index in [1.165, 1.54) is 4.68 Å². The van der Waals surface area contributed by atoms with Crippen LogP contribution < -0.4 is 11.4 Å². The second kappa shape index (κ2) is 4.51. The fraction of sp³-hybridized carbons (Fsp3) is 0.200. The van der Waals surface area contributed by atoms with E-state index in [1.807, 2.05) is 0 Å². The number of nitrogens with one attached hydrogen (secondary N) is 1. The van der Waals surface area contributed by atoms with Crippen molar-refractivity contribution in [2.75, 3.05) is 6.54 Å². The number of nitrogens with two attached hydrogens (primary N) is 1. The number of benzene rings is 1. The zero-order chi connectivity index (χ0) is 11.5. The number of H-pyrrole nitrogens is 1. The summed E-state index contributed by atoms with van der Waals surface area (Å²) >= 11 is 5.84. The lowest BCUT2D eigenvalue weighted by molar-refractivity contribution is 0.804. The molecule has 0 amide bonds. The Morgan fingerprint density at radius 2 is 2.31 bits per heavy atom. The quantitative estimate of drug-likeness (QED) is 0.827. The molecule has 0 unspecified atom stereocenters. The van der Waals surface area contributed by atoms with E-state index >= 15 is 0 Å². The van der Waals surface area contributed by atoms with Crippen molar-refractivity contribution in [1.82, 2.24) is 14.8 Å². The summed E-state index contributed by atoms with van der Waals surface area (Å²) in [6.45, 7) is 0.447. The van der Waals surface area contributed by atoms with E-state index < -0.39 is 0 Å². The molecule has 0 spiro atoms. The van der Waals surface area contributed by atoms with Gasteiger partial charge in [0, 0.05) is 11.4 Å². The average Bonchev–Trinajstić information content (AvgIpc) is 2.60. The first-order chi connectivity index (χ1) is 7.70. The maximum Gasteiger partial charge on any atom is 0.348 e. The molecule has 6 heteroatoms. The molecule has 0 fully saturated rings. The normalized spacial score (nSPS) is 10.6. The number of aromatic nitrogens is 3. The Kier molecular flexibility index (Phi) is 3.07. The molecule has 3 N–H and O–H groups in total. The second-order valence-corrected chi connectivity index (χ2v) is 3.74. The van der Waals surface area contributed by atoms with Crippen molar-refractivity contribution in [2.45, 2.75) is 6.42 Å². The summed E-state index contributed by atoms with van der Waals surface area (Å²) < 4.78 is 1.27. The van der Waals surface area contributed by atoms with E-state index in [0.717, 1.165) is 0 Å². The van der Waals surface area contributed by atoms with Gasteiger partial charge >= 0.3 is 5.69 Å². The molecule has 0 aliphatic rings. The minimum atomic E-state index is -0.286. The molecule has 0 bridgehead atoms. The molecule has 1 heterocycles. The van der Waals surface area contributed by atoms with Gasteiger partial charge in [-0.05, 0) is 24.7 Å². The van der Waals surface area contributed by atoms with Crippen molar-refractivity contribution in [3.63, 3.8) is 0 Å². The zero-order valence-electron chi connectivity index (χ0n) is 8.48. The highest BCUT2D eigenvalue weighted by Gasteiger charge is 2.06. The van der Waals surface area contributed by atoms with Crippen LogP contribution in [0.25, 0.3) is 5.69 Å². The zero-order valence-corrected chi connectivity index (χ0v) is 9.24. The van der Waals surface area contributed by atoms with Crippen LogP contribution in [0.3, 0.4) is 0 Å². The SMILES string of the molecule is NCCc1nn(-c2cccc(Cl)c2)c(=O)[nH]1. The van der Waals surface area contributed by atoms with Gasteiger partial charge in [-0.2, -0.15) is 9.78 Å². The van der Waals surface area contributed by atoms with Crippen molar-refractivity contribution in [2.24, 2.45) is 5.73 Å². The van der Waals surface area contributed by atoms with Gasteiger partial charge in [0.2, 0.25) is 0 Å². The molecule has 0 radical (unpaired) electrons. The highest BCUT2D eigenvalue weighted by Crippen LogP contribution is 2.12. The van der Waals surface area contributed by atoms with E-state index in [2.05, 4.69) is 10.1 Å². The molecular formula is C10H11ClN4O. The smallest absolute Gasteiger partial charge is 0.330 e. The Hall–Kier alpha value is -1.59. The summed E-state index contributed by atoms with van der Waals surface area (Å²) in [6.07, 6.45) is 0.544. The Morgan fingerprint density at radius 3 is 3.00 bits per heavy atom. The highest BCUT2D eigenvalue weighted by atomic mass is 35.5. The Balaban J connectivity index is 2.44. The maximum atomic E-state index is 11.6. The van der Waals surface area contributed by atoms with Crippen molar-refractivity contribution < 1.29 is 0 Å². The predicted octanol–water partition coefficient (Wildman–Crippen LogP) is 0.715. The van der Waals surface area contributed by atoms with Crippen molar-refractivity contribution in [1.29, 1.82) is 0 Å². The number of hydrogen-bond donors (Lipinski definition) is 2. The van der Waals surface area contributed by atoms with Gasteiger partial charge in [0.25, 0.3) is 0 Å². The van der Waals surface area contributed by atoms with E-state index in [9.17, 15) is 4.79 Å². The van der Waals surface area contributed by atoms with Crippen LogP contribution in [0.2, 0.25) is 5.02 Å². The summed E-state index contributed by atoms with van der Waals surface area (Å²) in [7, 11) is 0. The lowest BCUT2D eigenvalue weighted by Crippen LogP contribution is -2.15. The number of hydrogen-bond acceptors (Lipinski definition) is 3. The van der Waals surface area contributed by atoms with Crippen LogP contribution in [-0.4, -0.2) is 21.3 Å². The summed E-state index contributed by atoms with van der Waals surface area (Å²) in [5.74, 6) is 0.576. The van der Waals surface area contributed by atoms with Crippen molar-refractivity contribution in [3.8, 4) is 5.69 Å². The molecule has 1 aromatic heterocycles. The number of nitrogens with zero attached hydrogens (tertiary/aromatic N) is 2. The number of rotatable bonds is 3. The minimum absolute atomic E-state index is 0.286. The third kappa shape index (κ3) is 2.15. The van der Waals surface area contributed by atoms with E-state index in [1.54, 1.807) is 24.3 Å². The Morgan fingerprint density at radius 1 is 1.50 bits per heavy atom. The largest absolute Gasteiger partial charge is 0.348 e. The molecule has 0 atom stereocenters. The first-order valence-corrected chi connectivity index (χ1v) is 5.23. The molecule has 1 aromatic carbocycles. The molecule has 0 saturated heterocycles. The highest BCUT2D eigenvalue weighted by molar-refractivity contribution is 6.30. The standard InChI is InChI=1S/C10H11ClN4O/c11-7-2-1-3-8(6-7)15-10(16)13-9(14-15)4-5-12/h1-3,6H,4-5,12H2,(H,13,14,16). The molecule has 16 heavy (non-hydrogen) atoms. The first-order valence-electron chi connectivity index (χ1n) is 4.85. The summed E-state index contributed by atoms with van der Waals surface area (Å²) in [5, 5.41) is 4.68. The lowest BCUT2D eigenvalue weighted by Gasteiger charge is -1.98. The van der Waals surface area contributed by atoms with Gasteiger partial charge in [-0.3, -0.25) is 4.98 Å². The fourth-order valence-electron chi connectivity index (χ4n) is 1.40. The lowest BCUT2D eigenvalue weighted by atomic mass is 10.3. The van der Waals surface area contributed by atoms with Gasteiger partial charge < -0.3 is 5.73 Å². The number of halogens is 1. The summed E-state index contributed by atoms with van der Waals surface area (Å²) in [6, 6.07) is 6.95. The van der Waals surface area contributed by atoms with Gasteiger partial charge in [-0.25, -0.2) is 4.79 Å². The van der Waals surface area contributed by atoms with Crippen LogP contribution in [0, 0.1) is 0 Å². The topological polar surface area (TPSA) is 76.7 Å².